The minimum Gasteiger partial charge on any atom is -0.474 e. The number of halogens is 1. The molecule has 2 heterocycles. The molecule has 3 aromatic rings. The van der Waals surface area contributed by atoms with Crippen molar-refractivity contribution in [1.29, 1.82) is 0 Å². The molecule has 1 amide bonds. The minimum absolute atomic E-state index is 0.0430. The lowest BCUT2D eigenvalue weighted by molar-refractivity contribution is 0.0949. The van der Waals surface area contributed by atoms with Gasteiger partial charge < -0.3 is 24.8 Å². The van der Waals surface area contributed by atoms with Crippen LogP contribution in [0.4, 0.5) is 0 Å². The van der Waals surface area contributed by atoms with Gasteiger partial charge in [0.1, 0.15) is 27.2 Å². The first kappa shape index (κ1) is 27.1. The third-order valence-electron chi connectivity index (χ3n) is 6.87. The van der Waals surface area contributed by atoms with Crippen molar-refractivity contribution < 1.29 is 28.2 Å². The van der Waals surface area contributed by atoms with Gasteiger partial charge in [-0.25, -0.2) is 13.4 Å². The van der Waals surface area contributed by atoms with Crippen LogP contribution < -0.4 is 15.6 Å². The standard InChI is InChI=1S/C25H28ClN3O7S/c1-24(13-30,14-31)37(34,35)25(8-9-25)15-36-22-20-17(7-10-27-22)11-19(23(33)29(20)2)21(32)28-12-16-3-5-18(26)6-4-16/h3-7,10-11,30-31H,8-9,12-15H2,1-2H3,(H,28,32). The highest BCUT2D eigenvalue weighted by Crippen LogP contribution is 2.48. The number of hydrogen-bond acceptors (Lipinski definition) is 8. The SMILES string of the molecule is Cn1c(=O)c(C(=O)NCc2ccc(Cl)cc2)cc2ccnc(OCC3(S(=O)(=O)C(C)(CO)CO)CC3)c21. The number of aryl methyl sites for hydroxylation is 1. The summed E-state index contributed by atoms with van der Waals surface area (Å²) in [6.45, 7) is -0.204. The van der Waals surface area contributed by atoms with Crippen molar-refractivity contribution in [3.05, 3.63) is 69.1 Å². The van der Waals surface area contributed by atoms with Crippen LogP contribution in [0.1, 0.15) is 35.7 Å². The van der Waals surface area contributed by atoms with Crippen molar-refractivity contribution >= 4 is 38.2 Å². The predicted molar refractivity (Wildman–Crippen MR) is 139 cm³/mol. The zero-order chi connectivity index (χ0) is 27.0. The van der Waals surface area contributed by atoms with Crippen LogP contribution in [-0.2, 0) is 23.4 Å². The molecule has 198 valence electrons. The number of hydrogen-bond donors (Lipinski definition) is 3. The van der Waals surface area contributed by atoms with Gasteiger partial charge in [0, 0.05) is 30.2 Å². The predicted octanol–water partition coefficient (Wildman–Crippen LogP) is 1.59. The first-order chi connectivity index (χ1) is 17.5. The van der Waals surface area contributed by atoms with Crippen LogP contribution >= 0.6 is 11.6 Å². The van der Waals surface area contributed by atoms with E-state index in [0.29, 0.717) is 28.8 Å². The summed E-state index contributed by atoms with van der Waals surface area (Å²) in [5.41, 5.74) is 0.490. The van der Waals surface area contributed by atoms with Gasteiger partial charge >= 0.3 is 0 Å². The van der Waals surface area contributed by atoms with Crippen molar-refractivity contribution in [2.75, 3.05) is 19.8 Å². The molecule has 1 aromatic carbocycles. The Kier molecular flexibility index (Phi) is 7.35. The van der Waals surface area contributed by atoms with E-state index in [4.69, 9.17) is 16.3 Å². The largest absolute Gasteiger partial charge is 0.474 e. The second-order valence-corrected chi connectivity index (χ2v) is 12.8. The number of ether oxygens (including phenoxy) is 1. The number of pyridine rings is 2. The fourth-order valence-electron chi connectivity index (χ4n) is 4.12. The summed E-state index contributed by atoms with van der Waals surface area (Å²) >= 11 is 5.89. The van der Waals surface area contributed by atoms with Crippen LogP contribution in [0, 0.1) is 0 Å². The van der Waals surface area contributed by atoms with E-state index in [1.807, 2.05) is 0 Å². The summed E-state index contributed by atoms with van der Waals surface area (Å²) in [5, 5.41) is 23.1. The number of fused-ring (bicyclic) bond motifs is 1. The quantitative estimate of drug-likeness (QED) is 0.345. The molecule has 0 spiro atoms. The number of aliphatic hydroxyl groups excluding tert-OH is 2. The maximum atomic E-state index is 13.2. The summed E-state index contributed by atoms with van der Waals surface area (Å²) in [5.74, 6) is -0.506. The van der Waals surface area contributed by atoms with E-state index in [1.54, 1.807) is 30.3 Å². The van der Waals surface area contributed by atoms with Gasteiger partial charge in [0.25, 0.3) is 11.5 Å². The van der Waals surface area contributed by atoms with E-state index in [0.717, 1.165) is 5.56 Å². The average Bonchev–Trinajstić information content (AvgIpc) is 3.70. The number of aromatic nitrogens is 2. The van der Waals surface area contributed by atoms with Crippen LogP contribution in [0.2, 0.25) is 5.02 Å². The maximum absolute atomic E-state index is 13.2. The number of nitrogens with zero attached hydrogens (tertiary/aromatic N) is 2. The summed E-state index contributed by atoms with van der Waals surface area (Å²) < 4.78 is 30.5. The third kappa shape index (κ3) is 4.84. The molecule has 1 fully saturated rings. The van der Waals surface area contributed by atoms with Crippen LogP contribution in [-0.4, -0.2) is 63.4 Å². The van der Waals surface area contributed by atoms with Crippen LogP contribution in [0.15, 0.2) is 47.4 Å². The van der Waals surface area contributed by atoms with E-state index in [9.17, 15) is 28.2 Å². The van der Waals surface area contributed by atoms with Gasteiger partial charge in [0.2, 0.25) is 5.88 Å². The summed E-state index contributed by atoms with van der Waals surface area (Å²) in [4.78, 5) is 30.1. The van der Waals surface area contributed by atoms with Crippen LogP contribution in [0.3, 0.4) is 0 Å². The lowest BCUT2D eigenvalue weighted by atomic mass is 10.1. The molecule has 2 aromatic heterocycles. The molecule has 0 saturated heterocycles. The highest BCUT2D eigenvalue weighted by Gasteiger charge is 2.61. The van der Waals surface area contributed by atoms with Crippen molar-refractivity contribution in [1.82, 2.24) is 14.9 Å². The minimum atomic E-state index is -3.96. The van der Waals surface area contributed by atoms with E-state index < -0.39 is 44.0 Å². The zero-order valence-electron chi connectivity index (χ0n) is 20.4. The first-order valence-electron chi connectivity index (χ1n) is 11.6. The average molecular weight is 550 g/mol. The maximum Gasteiger partial charge on any atom is 0.263 e. The van der Waals surface area contributed by atoms with Gasteiger partial charge in [-0.3, -0.25) is 9.59 Å². The molecule has 4 rings (SSSR count). The molecule has 12 heteroatoms. The molecular weight excluding hydrogens is 522 g/mol. The lowest BCUT2D eigenvalue weighted by Crippen LogP contribution is -2.50. The van der Waals surface area contributed by atoms with Crippen LogP contribution in [0.5, 0.6) is 5.88 Å². The van der Waals surface area contributed by atoms with Crippen molar-refractivity contribution in [3.8, 4) is 5.88 Å². The van der Waals surface area contributed by atoms with Gasteiger partial charge in [-0.2, -0.15) is 0 Å². The van der Waals surface area contributed by atoms with Gasteiger partial charge in [-0.15, -0.1) is 0 Å². The number of carbonyl (C=O) groups is 1. The second-order valence-electron chi connectivity index (χ2n) is 9.53. The number of sulfone groups is 1. The molecule has 0 radical (unpaired) electrons. The Hall–Kier alpha value is -2.99. The number of amides is 1. The normalized spacial score (nSPS) is 14.9. The number of benzene rings is 1. The molecule has 0 bridgehead atoms. The lowest BCUT2D eigenvalue weighted by Gasteiger charge is -2.30. The van der Waals surface area contributed by atoms with Gasteiger partial charge in [0.05, 0.1) is 13.2 Å². The van der Waals surface area contributed by atoms with E-state index >= 15 is 0 Å². The summed E-state index contributed by atoms with van der Waals surface area (Å²) in [7, 11) is -2.48. The summed E-state index contributed by atoms with van der Waals surface area (Å²) in [6, 6.07) is 10.0. The monoisotopic (exact) mass is 549 g/mol. The Morgan fingerprint density at radius 1 is 1.22 bits per heavy atom. The molecular formula is C25H28ClN3O7S. The molecule has 0 atom stereocenters. The van der Waals surface area contributed by atoms with Crippen LogP contribution in [0.25, 0.3) is 10.9 Å². The fraction of sp³-hybridized carbons (Fsp3) is 0.400. The molecule has 3 N–H and O–H groups in total. The Morgan fingerprint density at radius 2 is 1.86 bits per heavy atom. The molecule has 1 aliphatic carbocycles. The zero-order valence-corrected chi connectivity index (χ0v) is 22.0. The van der Waals surface area contributed by atoms with Gasteiger partial charge in [-0.1, -0.05) is 23.7 Å². The first-order valence-corrected chi connectivity index (χ1v) is 13.4. The number of rotatable bonds is 10. The number of carbonyl (C=O) groups excluding carboxylic acids is 1. The van der Waals surface area contributed by atoms with E-state index in [1.165, 1.54) is 30.8 Å². The van der Waals surface area contributed by atoms with E-state index in [-0.39, 0.29) is 24.6 Å². The molecule has 1 aliphatic rings. The highest BCUT2D eigenvalue weighted by atomic mass is 35.5. The van der Waals surface area contributed by atoms with Gasteiger partial charge in [0.15, 0.2) is 9.84 Å². The summed E-state index contributed by atoms with van der Waals surface area (Å²) in [6.07, 6.45) is 2.07. The molecule has 0 aliphatic heterocycles. The highest BCUT2D eigenvalue weighted by molar-refractivity contribution is 7.94. The van der Waals surface area contributed by atoms with Crippen molar-refractivity contribution in [2.24, 2.45) is 7.05 Å². The third-order valence-corrected chi connectivity index (χ3v) is 10.3. The fourth-order valence-corrected chi connectivity index (χ4v) is 6.49. The Labute approximate surface area is 218 Å². The van der Waals surface area contributed by atoms with Crippen molar-refractivity contribution in [3.63, 3.8) is 0 Å². The Balaban J connectivity index is 1.59. The molecule has 1 saturated carbocycles. The number of aliphatic hydroxyl groups is 2. The molecule has 10 nitrogen and oxygen atoms in total. The molecule has 37 heavy (non-hydrogen) atoms. The van der Waals surface area contributed by atoms with Crippen molar-refractivity contribution in [2.45, 2.75) is 35.8 Å². The second kappa shape index (κ2) is 10.1. The smallest absolute Gasteiger partial charge is 0.263 e. The molecule has 0 unspecified atom stereocenters. The Morgan fingerprint density at radius 3 is 2.46 bits per heavy atom. The van der Waals surface area contributed by atoms with Gasteiger partial charge in [-0.05, 0) is 49.6 Å². The number of nitrogens with one attached hydrogen (secondary N) is 1. The van der Waals surface area contributed by atoms with E-state index in [2.05, 4.69) is 10.3 Å². The Bertz CT molecular complexity index is 1500. The topological polar surface area (TPSA) is 148 Å².